The molecule has 0 atom stereocenters. The molecule has 0 saturated heterocycles. The van der Waals surface area contributed by atoms with Gasteiger partial charge in [0, 0.05) is 0 Å². The lowest BCUT2D eigenvalue weighted by molar-refractivity contribution is -0.151. The molecule has 0 radical (unpaired) electrons. The highest BCUT2D eigenvalue weighted by Gasteiger charge is 2.27. The van der Waals surface area contributed by atoms with Gasteiger partial charge in [0.1, 0.15) is 0 Å². The molecule has 0 aliphatic rings. The molecule has 0 aromatic heterocycles. The minimum absolute atomic E-state index is 0.136. The quantitative estimate of drug-likeness (QED) is 0.193. The van der Waals surface area contributed by atoms with Crippen molar-refractivity contribution in [3.8, 4) is 0 Å². The van der Waals surface area contributed by atoms with E-state index in [1.54, 1.807) is 0 Å². The van der Waals surface area contributed by atoms with Crippen molar-refractivity contribution < 1.29 is 9.53 Å². The number of carbonyl (C=O) groups is 1. The topological polar surface area (TPSA) is 26.3 Å². The predicted molar refractivity (Wildman–Crippen MR) is 110 cm³/mol. The summed E-state index contributed by atoms with van der Waals surface area (Å²) in [7, 11) is 1.45. The molecule has 142 valence electrons. The minimum Gasteiger partial charge on any atom is -0.469 e. The van der Waals surface area contributed by atoms with Crippen molar-refractivity contribution in [1.29, 1.82) is 0 Å². The monoisotopic (exact) mass is 346 g/mol. The fourth-order valence-corrected chi connectivity index (χ4v) is 2.38. The molecule has 0 bridgehead atoms. The van der Waals surface area contributed by atoms with Gasteiger partial charge in [-0.2, -0.15) is 0 Å². The molecule has 0 fully saturated rings. The van der Waals surface area contributed by atoms with Gasteiger partial charge in [-0.05, 0) is 58.8 Å². The van der Waals surface area contributed by atoms with Gasteiger partial charge in [0.15, 0.2) is 0 Å². The van der Waals surface area contributed by atoms with Crippen molar-refractivity contribution in [1.82, 2.24) is 0 Å². The molecule has 25 heavy (non-hydrogen) atoms. The van der Waals surface area contributed by atoms with E-state index < -0.39 is 5.41 Å². The van der Waals surface area contributed by atoms with Crippen LogP contribution in [0.4, 0.5) is 0 Å². The number of unbranched alkanes of at least 4 members (excludes halogenated alkanes) is 3. The van der Waals surface area contributed by atoms with Gasteiger partial charge in [0.2, 0.25) is 0 Å². The number of hydrogen-bond acceptors (Lipinski definition) is 2. The van der Waals surface area contributed by atoms with E-state index >= 15 is 0 Å². The summed E-state index contributed by atoms with van der Waals surface area (Å²) in [6.45, 7) is 6.10. The molecular formula is C23H38O2. The first-order valence-electron chi connectivity index (χ1n) is 9.73. The van der Waals surface area contributed by atoms with E-state index in [2.05, 4.69) is 55.5 Å². The maximum Gasteiger partial charge on any atom is 0.311 e. The van der Waals surface area contributed by atoms with Crippen LogP contribution in [0, 0.1) is 5.41 Å². The highest BCUT2D eigenvalue weighted by molar-refractivity contribution is 5.75. The zero-order valence-electron chi connectivity index (χ0n) is 16.8. The fourth-order valence-electron chi connectivity index (χ4n) is 2.38. The predicted octanol–water partition coefficient (Wildman–Crippen LogP) is 6.94. The van der Waals surface area contributed by atoms with Gasteiger partial charge < -0.3 is 4.74 Å². The van der Waals surface area contributed by atoms with Crippen LogP contribution >= 0.6 is 0 Å². The van der Waals surface area contributed by atoms with Crippen LogP contribution in [0.15, 0.2) is 48.6 Å². The second kappa shape index (κ2) is 15.9. The standard InChI is InChI=1S/C23H38O2/c1-5-6-7-8-9-10-11-12-13-14-15-16-17-18-19-20-21-23(2,3)22(24)25-4/h9-10,12-13,15-16,18-19H,5-8,11,14,17,20-21H2,1-4H3/b10-9-,13-12-,16-15-,19-18-. The molecule has 0 unspecified atom stereocenters. The Morgan fingerprint density at radius 3 is 1.76 bits per heavy atom. The molecule has 2 nitrogen and oxygen atoms in total. The number of methoxy groups -OCH3 is 1. The van der Waals surface area contributed by atoms with E-state index in [0.717, 1.165) is 32.1 Å². The summed E-state index contributed by atoms with van der Waals surface area (Å²) in [6, 6.07) is 0. The summed E-state index contributed by atoms with van der Waals surface area (Å²) in [4.78, 5) is 11.6. The molecule has 0 N–H and O–H groups in total. The van der Waals surface area contributed by atoms with E-state index in [9.17, 15) is 4.79 Å². The van der Waals surface area contributed by atoms with E-state index in [1.807, 2.05) is 13.8 Å². The highest BCUT2D eigenvalue weighted by atomic mass is 16.5. The van der Waals surface area contributed by atoms with Crippen molar-refractivity contribution in [2.75, 3.05) is 7.11 Å². The van der Waals surface area contributed by atoms with Gasteiger partial charge in [-0.15, -0.1) is 0 Å². The van der Waals surface area contributed by atoms with Gasteiger partial charge >= 0.3 is 5.97 Å². The Balaban J connectivity index is 3.66. The van der Waals surface area contributed by atoms with E-state index in [-0.39, 0.29) is 5.97 Å². The Morgan fingerprint density at radius 1 is 0.800 bits per heavy atom. The molecule has 0 aliphatic carbocycles. The van der Waals surface area contributed by atoms with Crippen LogP contribution in [-0.4, -0.2) is 13.1 Å². The zero-order chi connectivity index (χ0) is 18.8. The summed E-state index contributed by atoms with van der Waals surface area (Å²) in [6.07, 6.45) is 27.5. The molecule has 0 rings (SSSR count). The largest absolute Gasteiger partial charge is 0.469 e. The smallest absolute Gasteiger partial charge is 0.311 e. The average molecular weight is 347 g/mol. The third-order valence-corrected chi connectivity index (χ3v) is 4.13. The number of carbonyl (C=O) groups excluding carboxylic acids is 1. The van der Waals surface area contributed by atoms with Crippen LogP contribution in [0.2, 0.25) is 0 Å². The van der Waals surface area contributed by atoms with E-state index in [0.29, 0.717) is 0 Å². The molecule has 0 heterocycles. The fraction of sp³-hybridized carbons (Fsp3) is 0.609. The molecule has 0 aliphatic heterocycles. The van der Waals surface area contributed by atoms with E-state index in [1.165, 1.54) is 32.8 Å². The molecule has 0 saturated carbocycles. The van der Waals surface area contributed by atoms with Gasteiger partial charge in [0.05, 0.1) is 12.5 Å². The van der Waals surface area contributed by atoms with Gasteiger partial charge in [0.25, 0.3) is 0 Å². The number of allylic oxidation sites excluding steroid dienone is 8. The van der Waals surface area contributed by atoms with Gasteiger partial charge in [-0.3, -0.25) is 4.79 Å². The molecule has 2 heteroatoms. The number of rotatable bonds is 14. The number of ether oxygens (including phenoxy) is 1. The summed E-state index contributed by atoms with van der Waals surface area (Å²) < 4.78 is 4.81. The van der Waals surface area contributed by atoms with Crippen molar-refractivity contribution in [2.45, 2.75) is 78.6 Å². The van der Waals surface area contributed by atoms with Crippen LogP contribution in [0.3, 0.4) is 0 Å². The normalized spacial score (nSPS) is 13.0. The second-order valence-electron chi connectivity index (χ2n) is 7.00. The lowest BCUT2D eigenvalue weighted by atomic mass is 9.88. The van der Waals surface area contributed by atoms with E-state index in [4.69, 9.17) is 4.74 Å². The Morgan fingerprint density at radius 2 is 1.28 bits per heavy atom. The van der Waals surface area contributed by atoms with Crippen molar-refractivity contribution in [3.63, 3.8) is 0 Å². The number of hydrogen-bond donors (Lipinski definition) is 0. The molecule has 0 amide bonds. The Labute approximate surface area is 155 Å². The lowest BCUT2D eigenvalue weighted by Crippen LogP contribution is -2.25. The maximum atomic E-state index is 11.6. The Bertz CT molecular complexity index is 439. The van der Waals surface area contributed by atoms with Gasteiger partial charge in [-0.25, -0.2) is 0 Å². The maximum absolute atomic E-state index is 11.6. The van der Waals surface area contributed by atoms with Crippen LogP contribution in [-0.2, 0) is 9.53 Å². The van der Waals surface area contributed by atoms with Crippen molar-refractivity contribution in [2.24, 2.45) is 5.41 Å². The first-order valence-corrected chi connectivity index (χ1v) is 9.73. The molecule has 0 aromatic carbocycles. The molecular weight excluding hydrogens is 308 g/mol. The molecule has 0 aromatic rings. The second-order valence-corrected chi connectivity index (χ2v) is 7.00. The summed E-state index contributed by atoms with van der Waals surface area (Å²) in [5.74, 6) is -0.136. The van der Waals surface area contributed by atoms with Gasteiger partial charge in [-0.1, -0.05) is 68.4 Å². The Kier molecular flexibility index (Phi) is 14.9. The van der Waals surface area contributed by atoms with Crippen molar-refractivity contribution >= 4 is 5.97 Å². The van der Waals surface area contributed by atoms with Crippen LogP contribution < -0.4 is 0 Å². The average Bonchev–Trinajstić information content (AvgIpc) is 2.60. The third kappa shape index (κ3) is 14.5. The van der Waals surface area contributed by atoms with Crippen molar-refractivity contribution in [3.05, 3.63) is 48.6 Å². The van der Waals surface area contributed by atoms with Crippen LogP contribution in [0.25, 0.3) is 0 Å². The Hall–Kier alpha value is -1.57. The minimum atomic E-state index is -0.399. The van der Waals surface area contributed by atoms with Crippen LogP contribution in [0.1, 0.15) is 78.6 Å². The summed E-state index contributed by atoms with van der Waals surface area (Å²) >= 11 is 0. The highest BCUT2D eigenvalue weighted by Crippen LogP contribution is 2.24. The lowest BCUT2D eigenvalue weighted by Gasteiger charge is -2.20. The molecule has 0 spiro atoms. The summed E-state index contributed by atoms with van der Waals surface area (Å²) in [5.41, 5.74) is -0.399. The number of esters is 1. The first-order chi connectivity index (χ1) is 12.0. The zero-order valence-corrected chi connectivity index (χ0v) is 16.8. The van der Waals surface area contributed by atoms with Crippen LogP contribution in [0.5, 0.6) is 0 Å². The third-order valence-electron chi connectivity index (χ3n) is 4.13. The first kappa shape index (κ1) is 23.4. The SMILES string of the molecule is CCCCC/C=C\C/C=C\C/C=C\C/C=C\CCC(C)(C)C(=O)OC. The summed E-state index contributed by atoms with van der Waals surface area (Å²) in [5, 5.41) is 0.